The molecule has 49 heavy (non-hydrogen) atoms. The first-order valence-electron chi connectivity index (χ1n) is 15.6. The van der Waals surface area contributed by atoms with Gasteiger partial charge in [-0.15, -0.1) is 0 Å². The zero-order valence-corrected chi connectivity index (χ0v) is 27.7. The minimum atomic E-state index is -1.71. The molecule has 0 spiro atoms. The largest absolute Gasteiger partial charge is 0.463 e. The molecule has 2 saturated heterocycles. The number of hydrogen-bond donors (Lipinski definition) is 2. The van der Waals surface area contributed by atoms with E-state index in [0.717, 1.165) is 26.3 Å². The second-order valence-corrected chi connectivity index (χ2v) is 11.5. The molecule has 2 aliphatic rings. The topological polar surface area (TPSA) is 191 Å². The molecular formula is C34H41NO14. The van der Waals surface area contributed by atoms with Crippen LogP contribution in [0.1, 0.15) is 50.5 Å². The smallest absolute Gasteiger partial charge is 0.338 e. The highest BCUT2D eigenvalue weighted by Crippen LogP contribution is 2.34. The van der Waals surface area contributed by atoms with Gasteiger partial charge >= 0.3 is 23.9 Å². The second kappa shape index (κ2) is 17.3. The number of nitrogens with one attached hydrogen (secondary N) is 1. The Morgan fingerprint density at radius 1 is 0.735 bits per heavy atom. The molecular weight excluding hydrogens is 646 g/mol. The van der Waals surface area contributed by atoms with Crippen LogP contribution in [0.2, 0.25) is 0 Å². The molecule has 266 valence electrons. The maximum absolute atomic E-state index is 13.3. The van der Waals surface area contributed by atoms with Gasteiger partial charge in [0.15, 0.2) is 30.9 Å². The molecule has 0 unspecified atom stereocenters. The first kappa shape index (κ1) is 37.4. The van der Waals surface area contributed by atoms with Crippen LogP contribution < -0.4 is 5.32 Å². The fraction of sp³-hybridized carbons (Fsp3) is 0.500. The molecule has 0 radical (unpaired) electrons. The third-order valence-electron chi connectivity index (χ3n) is 7.65. The van der Waals surface area contributed by atoms with Crippen LogP contribution in [0.15, 0.2) is 60.7 Å². The second-order valence-electron chi connectivity index (χ2n) is 11.5. The van der Waals surface area contributed by atoms with E-state index in [0.29, 0.717) is 0 Å². The SMILES string of the molecule is CC(=O)N[C@H]1[C@@H](O[C@@H]2[C@@H](OCc3ccccc3)[C@H](C)O[C@@H](O)[C@@H]2OC(=O)c2ccccc2)O[C@H](COC(C)=O)[C@@H](OC(C)=O)[C@@H]1OC(C)=O. The van der Waals surface area contributed by atoms with Crippen LogP contribution in [0, 0.1) is 0 Å². The molecule has 0 saturated carbocycles. The number of aliphatic hydroxyl groups is 1. The van der Waals surface area contributed by atoms with E-state index < -0.39 is 97.7 Å². The van der Waals surface area contributed by atoms with Crippen LogP contribution in [0.5, 0.6) is 0 Å². The first-order chi connectivity index (χ1) is 23.3. The predicted octanol–water partition coefficient (Wildman–Crippen LogP) is 1.58. The summed E-state index contributed by atoms with van der Waals surface area (Å²) in [5.41, 5.74) is 0.975. The maximum Gasteiger partial charge on any atom is 0.338 e. The molecule has 2 N–H and O–H groups in total. The van der Waals surface area contributed by atoms with Gasteiger partial charge in [-0.1, -0.05) is 48.5 Å². The summed E-state index contributed by atoms with van der Waals surface area (Å²) in [6.07, 6.45) is -12.0. The number of amides is 1. The summed E-state index contributed by atoms with van der Waals surface area (Å²) in [7, 11) is 0. The summed E-state index contributed by atoms with van der Waals surface area (Å²) in [6.45, 7) is 5.82. The van der Waals surface area contributed by atoms with Gasteiger partial charge in [0.2, 0.25) is 5.91 Å². The molecule has 2 fully saturated rings. The van der Waals surface area contributed by atoms with E-state index in [2.05, 4.69) is 5.32 Å². The molecule has 2 aliphatic heterocycles. The summed E-state index contributed by atoms with van der Waals surface area (Å²) >= 11 is 0. The average Bonchev–Trinajstić information content (AvgIpc) is 3.04. The van der Waals surface area contributed by atoms with E-state index in [9.17, 15) is 29.1 Å². The number of esters is 4. The van der Waals surface area contributed by atoms with Crippen molar-refractivity contribution in [2.24, 2.45) is 0 Å². The number of ether oxygens (including phenoxy) is 8. The zero-order valence-electron chi connectivity index (χ0n) is 27.7. The Labute approximate surface area is 283 Å². The van der Waals surface area contributed by atoms with E-state index in [4.69, 9.17) is 37.9 Å². The molecule has 15 heteroatoms. The van der Waals surface area contributed by atoms with Gasteiger partial charge in [0.1, 0.15) is 31.0 Å². The van der Waals surface area contributed by atoms with Gasteiger partial charge in [-0.2, -0.15) is 0 Å². The number of carbonyl (C=O) groups excluding carboxylic acids is 5. The monoisotopic (exact) mass is 687 g/mol. The lowest BCUT2D eigenvalue weighted by molar-refractivity contribution is -0.343. The van der Waals surface area contributed by atoms with Crippen molar-refractivity contribution in [2.45, 2.75) is 103 Å². The Morgan fingerprint density at radius 3 is 1.94 bits per heavy atom. The molecule has 0 aromatic heterocycles. The Bertz CT molecular complexity index is 1440. The summed E-state index contributed by atoms with van der Waals surface area (Å²) < 4.78 is 46.7. The Balaban J connectivity index is 1.76. The molecule has 0 bridgehead atoms. The highest BCUT2D eigenvalue weighted by atomic mass is 16.7. The van der Waals surface area contributed by atoms with Gasteiger partial charge in [-0.05, 0) is 24.6 Å². The van der Waals surface area contributed by atoms with E-state index >= 15 is 0 Å². The van der Waals surface area contributed by atoms with Gasteiger partial charge < -0.3 is 48.3 Å². The highest BCUT2D eigenvalue weighted by Gasteiger charge is 2.55. The lowest BCUT2D eigenvalue weighted by Crippen LogP contribution is -2.69. The maximum atomic E-state index is 13.3. The van der Waals surface area contributed by atoms with Crippen LogP contribution in [0.3, 0.4) is 0 Å². The van der Waals surface area contributed by atoms with E-state index in [1.807, 2.05) is 30.3 Å². The summed E-state index contributed by atoms with van der Waals surface area (Å²) in [6, 6.07) is 15.9. The molecule has 0 aliphatic carbocycles. The van der Waals surface area contributed by atoms with Crippen molar-refractivity contribution in [3.8, 4) is 0 Å². The minimum Gasteiger partial charge on any atom is -0.463 e. The van der Waals surface area contributed by atoms with E-state index in [-0.39, 0.29) is 12.2 Å². The molecule has 1 amide bonds. The van der Waals surface area contributed by atoms with Gasteiger partial charge in [0.25, 0.3) is 0 Å². The molecule has 4 rings (SSSR count). The van der Waals surface area contributed by atoms with Gasteiger partial charge in [-0.25, -0.2) is 4.79 Å². The number of benzene rings is 2. The van der Waals surface area contributed by atoms with Crippen molar-refractivity contribution >= 4 is 29.8 Å². The van der Waals surface area contributed by atoms with Crippen molar-refractivity contribution in [3.63, 3.8) is 0 Å². The third kappa shape index (κ3) is 10.3. The lowest BCUT2D eigenvalue weighted by Gasteiger charge is -2.48. The standard InChI is InChI=1S/C34H41NO14/c1-18-27(43-16-23-12-8-6-9-13-23)30(31(33(41)44-18)48-32(40)24-14-10-7-11-15-24)49-34-26(35-19(2)36)29(46-22(5)39)28(45-21(4)38)25(47-34)17-42-20(3)37/h6-15,18,25-31,33-34,41H,16-17H2,1-5H3,(H,35,36)/t18-,25+,26+,27-,28+,29+,30+,31+,33+,34+/m0/s1. The van der Waals surface area contributed by atoms with Crippen LogP contribution in [0.4, 0.5) is 0 Å². The number of rotatable bonds is 12. The quantitative estimate of drug-likeness (QED) is 0.241. The number of hydrogen-bond acceptors (Lipinski definition) is 14. The first-order valence-corrected chi connectivity index (χ1v) is 15.6. The van der Waals surface area contributed by atoms with Crippen molar-refractivity contribution in [1.82, 2.24) is 5.32 Å². The van der Waals surface area contributed by atoms with Gasteiger partial charge in [0, 0.05) is 27.7 Å². The van der Waals surface area contributed by atoms with Crippen LogP contribution in [-0.4, -0.2) is 103 Å². The van der Waals surface area contributed by atoms with Crippen molar-refractivity contribution in [2.75, 3.05) is 6.61 Å². The van der Waals surface area contributed by atoms with Gasteiger partial charge in [0.05, 0.1) is 18.3 Å². The summed E-state index contributed by atoms with van der Waals surface area (Å²) in [5.74, 6) is -3.65. The highest BCUT2D eigenvalue weighted by molar-refractivity contribution is 5.89. The van der Waals surface area contributed by atoms with Gasteiger partial charge in [-0.3, -0.25) is 19.2 Å². The number of aliphatic hydroxyl groups excluding tert-OH is 1. The average molecular weight is 688 g/mol. The van der Waals surface area contributed by atoms with Crippen LogP contribution in [0.25, 0.3) is 0 Å². The van der Waals surface area contributed by atoms with E-state index in [1.54, 1.807) is 25.1 Å². The van der Waals surface area contributed by atoms with E-state index in [1.165, 1.54) is 19.1 Å². The fourth-order valence-electron chi connectivity index (χ4n) is 5.60. The Hall–Kier alpha value is -4.41. The zero-order chi connectivity index (χ0) is 35.7. The summed E-state index contributed by atoms with van der Waals surface area (Å²) in [4.78, 5) is 62.1. The molecule has 2 heterocycles. The number of carbonyl (C=O) groups is 5. The van der Waals surface area contributed by atoms with Crippen molar-refractivity contribution in [3.05, 3.63) is 71.8 Å². The Morgan fingerprint density at radius 2 is 1.35 bits per heavy atom. The van der Waals surface area contributed by atoms with Crippen molar-refractivity contribution in [1.29, 1.82) is 0 Å². The molecule has 10 atom stereocenters. The summed E-state index contributed by atoms with van der Waals surface area (Å²) in [5, 5.41) is 13.8. The normalized spacial score (nSPS) is 29.6. The fourth-order valence-corrected chi connectivity index (χ4v) is 5.60. The Kier molecular flexibility index (Phi) is 13.2. The molecule has 2 aromatic carbocycles. The van der Waals surface area contributed by atoms with Crippen LogP contribution in [-0.2, 0) is 63.7 Å². The minimum absolute atomic E-state index is 0.0643. The van der Waals surface area contributed by atoms with Crippen molar-refractivity contribution < 1.29 is 67.0 Å². The third-order valence-corrected chi connectivity index (χ3v) is 7.65. The molecule has 2 aromatic rings. The molecule has 15 nitrogen and oxygen atoms in total. The van der Waals surface area contributed by atoms with Crippen LogP contribution >= 0.6 is 0 Å². The predicted molar refractivity (Wildman–Crippen MR) is 166 cm³/mol. The lowest BCUT2D eigenvalue weighted by atomic mass is 9.94.